The van der Waals surface area contributed by atoms with Crippen LogP contribution in [0.3, 0.4) is 0 Å². The molecule has 3 N–H and O–H groups in total. The van der Waals surface area contributed by atoms with Crippen LogP contribution in [-0.4, -0.2) is 29.1 Å². The zero-order chi connectivity index (χ0) is 15.4. The van der Waals surface area contributed by atoms with Crippen LogP contribution in [0.25, 0.3) is 0 Å². The van der Waals surface area contributed by atoms with Gasteiger partial charge in [-0.1, -0.05) is 13.3 Å². The van der Waals surface area contributed by atoms with E-state index in [9.17, 15) is 9.59 Å². The molecule has 1 amide bonds. The van der Waals surface area contributed by atoms with Crippen molar-refractivity contribution in [1.29, 1.82) is 0 Å². The third-order valence-electron chi connectivity index (χ3n) is 3.50. The van der Waals surface area contributed by atoms with Crippen molar-refractivity contribution >= 4 is 17.6 Å². The van der Waals surface area contributed by atoms with Crippen LogP contribution >= 0.6 is 0 Å². The molecule has 116 valence electrons. The summed E-state index contributed by atoms with van der Waals surface area (Å²) in [6.45, 7) is 4.22. The summed E-state index contributed by atoms with van der Waals surface area (Å²) in [5.74, 6) is -0.772. The van der Waals surface area contributed by atoms with Crippen LogP contribution in [0.15, 0.2) is 12.3 Å². The van der Waals surface area contributed by atoms with E-state index in [1.54, 1.807) is 19.2 Å². The Labute approximate surface area is 124 Å². The van der Waals surface area contributed by atoms with E-state index in [2.05, 4.69) is 5.32 Å². The molecule has 0 radical (unpaired) electrons. The number of anilines is 1. The molecule has 1 unspecified atom stereocenters. The minimum Gasteiger partial charge on any atom is -0.448 e. The Hall–Kier alpha value is -1.98. The Balaban J connectivity index is 1.93. The Morgan fingerprint density at radius 1 is 1.52 bits per heavy atom. The van der Waals surface area contributed by atoms with Crippen LogP contribution < -0.4 is 11.1 Å². The van der Waals surface area contributed by atoms with E-state index in [0.717, 1.165) is 25.7 Å². The third kappa shape index (κ3) is 4.00. The summed E-state index contributed by atoms with van der Waals surface area (Å²) in [6.07, 6.45) is 4.94. The molecule has 0 aliphatic heterocycles. The molecular formula is C15H23N3O3. The van der Waals surface area contributed by atoms with Crippen LogP contribution in [0.4, 0.5) is 5.69 Å². The average Bonchev–Trinajstić information content (AvgIpc) is 3.21. The highest BCUT2D eigenvalue weighted by atomic mass is 16.5. The number of nitrogen functional groups attached to an aromatic ring is 1. The summed E-state index contributed by atoms with van der Waals surface area (Å²) < 4.78 is 7.08. The number of unbranched alkanes of at least 4 members (excludes halogenated alkanes) is 1. The van der Waals surface area contributed by atoms with Crippen LogP contribution in [0.2, 0.25) is 0 Å². The van der Waals surface area contributed by atoms with E-state index in [1.165, 1.54) is 0 Å². The highest BCUT2D eigenvalue weighted by Crippen LogP contribution is 2.37. The topological polar surface area (TPSA) is 86.3 Å². The van der Waals surface area contributed by atoms with Gasteiger partial charge < -0.3 is 20.4 Å². The number of aromatic nitrogens is 1. The first kappa shape index (κ1) is 15.4. The lowest BCUT2D eigenvalue weighted by molar-refractivity contribution is -0.129. The third-order valence-corrected chi connectivity index (χ3v) is 3.50. The Kier molecular flexibility index (Phi) is 4.88. The van der Waals surface area contributed by atoms with Gasteiger partial charge in [-0.15, -0.1) is 0 Å². The molecule has 0 bridgehead atoms. The maximum Gasteiger partial charge on any atom is 0.355 e. The lowest BCUT2D eigenvalue weighted by atomic mass is 10.3. The normalized spacial score (nSPS) is 15.5. The zero-order valence-electron chi connectivity index (χ0n) is 12.6. The van der Waals surface area contributed by atoms with Crippen molar-refractivity contribution in [2.24, 2.45) is 0 Å². The van der Waals surface area contributed by atoms with E-state index >= 15 is 0 Å². The Morgan fingerprint density at radius 2 is 2.24 bits per heavy atom. The van der Waals surface area contributed by atoms with Crippen molar-refractivity contribution in [2.45, 2.75) is 51.7 Å². The minimum atomic E-state index is -0.807. The second kappa shape index (κ2) is 6.65. The maximum atomic E-state index is 12.2. The van der Waals surface area contributed by atoms with Crippen LogP contribution in [0.1, 0.15) is 56.1 Å². The molecule has 1 saturated carbocycles. The van der Waals surface area contributed by atoms with Crippen molar-refractivity contribution in [2.75, 3.05) is 12.3 Å². The summed E-state index contributed by atoms with van der Waals surface area (Å²) in [4.78, 5) is 24.0. The molecule has 1 aliphatic rings. The van der Waals surface area contributed by atoms with Gasteiger partial charge in [0, 0.05) is 18.8 Å². The zero-order valence-corrected chi connectivity index (χ0v) is 12.6. The number of hydrogen-bond acceptors (Lipinski definition) is 4. The first-order chi connectivity index (χ1) is 10.0. The number of carbonyl (C=O) groups is 2. The highest BCUT2D eigenvalue weighted by molar-refractivity contribution is 5.92. The number of carbonyl (C=O) groups excluding carboxylic acids is 2. The van der Waals surface area contributed by atoms with Crippen molar-refractivity contribution < 1.29 is 14.3 Å². The Morgan fingerprint density at radius 3 is 2.86 bits per heavy atom. The van der Waals surface area contributed by atoms with E-state index in [0.29, 0.717) is 24.0 Å². The molecule has 1 aromatic rings. The van der Waals surface area contributed by atoms with E-state index in [-0.39, 0.29) is 5.91 Å². The maximum absolute atomic E-state index is 12.2. The minimum absolute atomic E-state index is 0.269. The van der Waals surface area contributed by atoms with Gasteiger partial charge in [-0.25, -0.2) is 4.79 Å². The summed E-state index contributed by atoms with van der Waals surface area (Å²) in [5, 5.41) is 2.75. The molecule has 6 nitrogen and oxygen atoms in total. The second-order valence-corrected chi connectivity index (χ2v) is 5.49. The van der Waals surface area contributed by atoms with Gasteiger partial charge in [0.2, 0.25) is 0 Å². The smallest absolute Gasteiger partial charge is 0.355 e. The SMILES string of the molecule is CCCCNC(=O)C(C)OC(=O)c1cc(N)cn1C1CC1. The fourth-order valence-corrected chi connectivity index (χ4v) is 2.13. The van der Waals surface area contributed by atoms with Crippen LogP contribution in [-0.2, 0) is 9.53 Å². The van der Waals surface area contributed by atoms with Gasteiger partial charge in [-0.3, -0.25) is 4.79 Å². The Bertz CT molecular complexity index is 520. The van der Waals surface area contributed by atoms with E-state index in [1.807, 2.05) is 11.5 Å². The van der Waals surface area contributed by atoms with Crippen molar-refractivity contribution in [3.8, 4) is 0 Å². The van der Waals surface area contributed by atoms with Gasteiger partial charge >= 0.3 is 5.97 Å². The van der Waals surface area contributed by atoms with Crippen LogP contribution in [0.5, 0.6) is 0 Å². The molecule has 2 rings (SSSR count). The van der Waals surface area contributed by atoms with Crippen molar-refractivity contribution in [3.05, 3.63) is 18.0 Å². The predicted octanol–water partition coefficient (Wildman–Crippen LogP) is 1.87. The molecule has 0 spiro atoms. The monoisotopic (exact) mass is 293 g/mol. The molecule has 21 heavy (non-hydrogen) atoms. The lowest BCUT2D eigenvalue weighted by Gasteiger charge is -2.14. The van der Waals surface area contributed by atoms with Gasteiger partial charge in [0.15, 0.2) is 6.10 Å². The largest absolute Gasteiger partial charge is 0.448 e. The first-order valence-corrected chi connectivity index (χ1v) is 7.49. The molecule has 0 saturated heterocycles. The predicted molar refractivity (Wildman–Crippen MR) is 79.9 cm³/mol. The number of nitrogens with zero attached hydrogens (tertiary/aromatic N) is 1. The molecule has 1 aromatic heterocycles. The number of esters is 1. The number of nitrogens with two attached hydrogens (primary N) is 1. The summed E-state index contributed by atoms with van der Waals surface area (Å²) >= 11 is 0. The molecule has 1 fully saturated rings. The second-order valence-electron chi connectivity index (χ2n) is 5.49. The van der Waals surface area contributed by atoms with Crippen molar-refractivity contribution in [3.63, 3.8) is 0 Å². The first-order valence-electron chi connectivity index (χ1n) is 7.49. The number of amides is 1. The summed E-state index contributed by atoms with van der Waals surface area (Å²) in [7, 11) is 0. The van der Waals surface area contributed by atoms with Crippen molar-refractivity contribution in [1.82, 2.24) is 9.88 Å². The number of hydrogen-bond donors (Lipinski definition) is 2. The standard InChI is InChI=1S/C15H23N3O3/c1-3-4-7-17-14(19)10(2)21-15(20)13-8-11(16)9-18(13)12-5-6-12/h8-10,12H,3-7,16H2,1-2H3,(H,17,19). The molecule has 1 atom stereocenters. The number of rotatable bonds is 7. The van der Waals surface area contributed by atoms with Gasteiger partial charge in [0.25, 0.3) is 5.91 Å². The van der Waals surface area contributed by atoms with E-state index < -0.39 is 12.1 Å². The molecular weight excluding hydrogens is 270 g/mol. The lowest BCUT2D eigenvalue weighted by Crippen LogP contribution is -2.36. The van der Waals surface area contributed by atoms with E-state index in [4.69, 9.17) is 10.5 Å². The molecule has 1 heterocycles. The highest BCUT2D eigenvalue weighted by Gasteiger charge is 2.29. The molecule has 0 aromatic carbocycles. The van der Waals surface area contributed by atoms with Gasteiger partial charge in [-0.05, 0) is 32.3 Å². The van der Waals surface area contributed by atoms with Crippen LogP contribution in [0, 0.1) is 0 Å². The summed E-state index contributed by atoms with van der Waals surface area (Å²) in [5.41, 5.74) is 6.70. The quantitative estimate of drug-likeness (QED) is 0.593. The van der Waals surface area contributed by atoms with Gasteiger partial charge in [-0.2, -0.15) is 0 Å². The molecule has 6 heteroatoms. The fraction of sp³-hybridized carbons (Fsp3) is 0.600. The van der Waals surface area contributed by atoms with Gasteiger partial charge in [0.1, 0.15) is 5.69 Å². The number of ether oxygens (including phenoxy) is 1. The summed E-state index contributed by atoms with van der Waals surface area (Å²) in [6, 6.07) is 1.93. The number of nitrogens with one attached hydrogen (secondary N) is 1. The average molecular weight is 293 g/mol. The van der Waals surface area contributed by atoms with Gasteiger partial charge in [0.05, 0.1) is 5.69 Å². The molecule has 1 aliphatic carbocycles. The fourth-order valence-electron chi connectivity index (χ4n) is 2.13.